The number of hydrogen-bond donors (Lipinski definition) is 1. The van der Waals surface area contributed by atoms with Gasteiger partial charge in [0, 0.05) is 12.5 Å². The van der Waals surface area contributed by atoms with Crippen LogP contribution in [0.5, 0.6) is 11.5 Å². The van der Waals surface area contributed by atoms with Crippen molar-refractivity contribution in [3.05, 3.63) is 28.3 Å². The van der Waals surface area contributed by atoms with E-state index in [1.807, 2.05) is 0 Å². The Labute approximate surface area is 85.2 Å². The van der Waals surface area contributed by atoms with E-state index in [1.165, 1.54) is 0 Å². The van der Waals surface area contributed by atoms with Crippen LogP contribution in [-0.2, 0) is 4.79 Å². The van der Waals surface area contributed by atoms with Gasteiger partial charge in [-0.3, -0.25) is 14.9 Å². The number of nitro groups is 1. The number of carbonyl (C=O) groups is 1. The Morgan fingerprint density at radius 2 is 2.20 bits per heavy atom. The molecule has 80 valence electrons. The Hall–Kier alpha value is -2.11. The molecular formula is C9H9NO5. The van der Waals surface area contributed by atoms with E-state index in [9.17, 15) is 14.9 Å². The molecule has 6 nitrogen and oxygen atoms in total. The first-order valence-corrected chi connectivity index (χ1v) is 4.22. The average molecular weight is 211 g/mol. The zero-order valence-electron chi connectivity index (χ0n) is 7.97. The summed E-state index contributed by atoms with van der Waals surface area (Å²) in [5.74, 6) is -0.869. The zero-order valence-corrected chi connectivity index (χ0v) is 7.97. The molecule has 0 fully saturated rings. The zero-order chi connectivity index (χ0) is 11.4. The fourth-order valence-corrected chi connectivity index (χ4v) is 0.936. The summed E-state index contributed by atoms with van der Waals surface area (Å²) >= 11 is 0. The average Bonchev–Trinajstić information content (AvgIpc) is 2.16. The van der Waals surface area contributed by atoms with E-state index < -0.39 is 10.9 Å². The van der Waals surface area contributed by atoms with Gasteiger partial charge in [0.15, 0.2) is 0 Å². The van der Waals surface area contributed by atoms with Crippen molar-refractivity contribution >= 4 is 11.7 Å². The monoisotopic (exact) mass is 211 g/mol. The number of hydrogen-bond acceptors (Lipinski definition) is 5. The molecule has 6 heteroatoms. The predicted molar refractivity (Wildman–Crippen MR) is 50.7 cm³/mol. The second-order valence-electron chi connectivity index (χ2n) is 2.77. The van der Waals surface area contributed by atoms with Gasteiger partial charge in [-0.1, -0.05) is 6.92 Å². The van der Waals surface area contributed by atoms with Crippen molar-refractivity contribution < 1.29 is 19.6 Å². The fraction of sp³-hybridized carbons (Fsp3) is 0.222. The number of ether oxygens (including phenoxy) is 1. The molecule has 1 N–H and O–H groups in total. The van der Waals surface area contributed by atoms with Gasteiger partial charge in [-0.05, 0) is 0 Å². The summed E-state index contributed by atoms with van der Waals surface area (Å²) in [6.45, 7) is 1.60. The molecule has 0 aliphatic heterocycles. The number of rotatable bonds is 3. The van der Waals surface area contributed by atoms with Crippen molar-refractivity contribution in [1.29, 1.82) is 0 Å². The lowest BCUT2D eigenvalue weighted by Gasteiger charge is -2.02. The molecule has 0 heterocycles. The third kappa shape index (κ3) is 2.94. The first-order chi connectivity index (χ1) is 7.02. The van der Waals surface area contributed by atoms with Gasteiger partial charge in [0.1, 0.15) is 11.5 Å². The number of phenolic OH excluding ortho intramolecular Hbond substituents is 1. The lowest BCUT2D eigenvalue weighted by molar-refractivity contribution is -0.385. The van der Waals surface area contributed by atoms with Gasteiger partial charge in [-0.25, -0.2) is 0 Å². The maximum absolute atomic E-state index is 10.9. The van der Waals surface area contributed by atoms with Gasteiger partial charge in [-0.2, -0.15) is 0 Å². The number of aromatic hydroxyl groups is 1. The van der Waals surface area contributed by atoms with Gasteiger partial charge in [0.05, 0.1) is 17.1 Å². The molecule has 0 spiro atoms. The summed E-state index contributed by atoms with van der Waals surface area (Å²) < 4.78 is 4.73. The summed E-state index contributed by atoms with van der Waals surface area (Å²) in [5, 5.41) is 19.5. The molecule has 0 unspecified atom stereocenters. The van der Waals surface area contributed by atoms with Crippen LogP contribution >= 0.6 is 0 Å². The van der Waals surface area contributed by atoms with Crippen LogP contribution in [0.25, 0.3) is 0 Å². The standard InChI is InChI=1S/C9H9NO5/c1-2-9(12)15-8-4-6(10(13)14)3-7(11)5-8/h3-5,11H,2H2,1H3. The second kappa shape index (κ2) is 4.41. The molecule has 0 atom stereocenters. The van der Waals surface area contributed by atoms with E-state index in [0.717, 1.165) is 18.2 Å². The highest BCUT2D eigenvalue weighted by atomic mass is 16.6. The van der Waals surface area contributed by atoms with Gasteiger partial charge in [0.25, 0.3) is 5.69 Å². The third-order valence-corrected chi connectivity index (χ3v) is 1.61. The number of carbonyl (C=O) groups excluding carboxylic acids is 1. The maximum Gasteiger partial charge on any atom is 0.310 e. The molecule has 1 aromatic rings. The third-order valence-electron chi connectivity index (χ3n) is 1.61. The van der Waals surface area contributed by atoms with Crippen molar-refractivity contribution in [2.45, 2.75) is 13.3 Å². The SMILES string of the molecule is CCC(=O)Oc1cc(O)cc([N+](=O)[O-])c1. The minimum absolute atomic E-state index is 0.0337. The van der Waals surface area contributed by atoms with E-state index in [-0.39, 0.29) is 23.6 Å². The maximum atomic E-state index is 10.9. The number of non-ortho nitro benzene ring substituents is 1. The number of phenols is 1. The van der Waals surface area contributed by atoms with E-state index in [1.54, 1.807) is 6.92 Å². The summed E-state index contributed by atoms with van der Waals surface area (Å²) in [5.41, 5.74) is -0.325. The lowest BCUT2D eigenvalue weighted by atomic mass is 10.3. The van der Waals surface area contributed by atoms with Crippen molar-refractivity contribution in [3.63, 3.8) is 0 Å². The molecule has 0 amide bonds. The van der Waals surface area contributed by atoms with Crippen LogP contribution in [-0.4, -0.2) is 16.0 Å². The Balaban J connectivity index is 2.98. The van der Waals surface area contributed by atoms with Crippen molar-refractivity contribution in [2.24, 2.45) is 0 Å². The number of nitro benzene ring substituents is 1. The predicted octanol–water partition coefficient (Wildman–Crippen LogP) is 1.62. The van der Waals surface area contributed by atoms with Crippen molar-refractivity contribution in [2.75, 3.05) is 0 Å². The Kier molecular flexibility index (Phi) is 3.22. The molecule has 15 heavy (non-hydrogen) atoms. The number of esters is 1. The largest absolute Gasteiger partial charge is 0.508 e. The quantitative estimate of drug-likeness (QED) is 0.355. The summed E-state index contributed by atoms with van der Waals surface area (Å²) in [6.07, 6.45) is 0.156. The number of nitrogens with zero attached hydrogens (tertiary/aromatic N) is 1. The fourth-order valence-electron chi connectivity index (χ4n) is 0.936. The van der Waals surface area contributed by atoms with Crippen LogP contribution < -0.4 is 4.74 Å². The highest BCUT2D eigenvalue weighted by Gasteiger charge is 2.11. The minimum Gasteiger partial charge on any atom is -0.508 e. The van der Waals surface area contributed by atoms with E-state index in [4.69, 9.17) is 9.84 Å². The molecule has 0 radical (unpaired) electrons. The number of benzene rings is 1. The molecular weight excluding hydrogens is 202 g/mol. The molecule has 0 aliphatic rings. The Bertz CT molecular complexity index is 401. The van der Waals surface area contributed by atoms with Gasteiger partial charge in [0.2, 0.25) is 0 Å². The molecule has 0 aliphatic carbocycles. The highest BCUT2D eigenvalue weighted by molar-refractivity contribution is 5.72. The van der Waals surface area contributed by atoms with Gasteiger partial charge >= 0.3 is 5.97 Å². The van der Waals surface area contributed by atoms with Crippen LogP contribution in [0.2, 0.25) is 0 Å². The van der Waals surface area contributed by atoms with E-state index in [0.29, 0.717) is 0 Å². The first-order valence-electron chi connectivity index (χ1n) is 4.22. The van der Waals surface area contributed by atoms with Crippen molar-refractivity contribution in [1.82, 2.24) is 0 Å². The lowest BCUT2D eigenvalue weighted by Crippen LogP contribution is -2.05. The minimum atomic E-state index is -0.678. The van der Waals surface area contributed by atoms with E-state index >= 15 is 0 Å². The van der Waals surface area contributed by atoms with Gasteiger partial charge in [-0.15, -0.1) is 0 Å². The van der Waals surface area contributed by atoms with Crippen LogP contribution in [0.3, 0.4) is 0 Å². The molecule has 0 aromatic heterocycles. The van der Waals surface area contributed by atoms with Crippen LogP contribution in [0.15, 0.2) is 18.2 Å². The van der Waals surface area contributed by atoms with Crippen LogP contribution in [0.4, 0.5) is 5.69 Å². The smallest absolute Gasteiger partial charge is 0.310 e. The topological polar surface area (TPSA) is 89.7 Å². The molecule has 0 saturated carbocycles. The summed E-state index contributed by atoms with van der Waals surface area (Å²) in [6, 6.07) is 3.19. The molecule has 1 rings (SSSR count). The van der Waals surface area contributed by atoms with Gasteiger partial charge < -0.3 is 9.84 Å². The molecule has 0 bridgehead atoms. The van der Waals surface area contributed by atoms with E-state index in [2.05, 4.69) is 0 Å². The van der Waals surface area contributed by atoms with Crippen molar-refractivity contribution in [3.8, 4) is 11.5 Å². The van der Waals surface area contributed by atoms with Crippen LogP contribution in [0, 0.1) is 10.1 Å². The first kappa shape index (κ1) is 11.0. The highest BCUT2D eigenvalue weighted by Crippen LogP contribution is 2.26. The summed E-state index contributed by atoms with van der Waals surface area (Å²) in [7, 11) is 0. The molecule has 0 saturated heterocycles. The second-order valence-corrected chi connectivity index (χ2v) is 2.77. The summed E-state index contributed by atoms with van der Waals surface area (Å²) in [4.78, 5) is 20.6. The Morgan fingerprint density at radius 3 is 2.73 bits per heavy atom. The Morgan fingerprint density at radius 1 is 1.53 bits per heavy atom. The normalized spacial score (nSPS) is 9.67. The van der Waals surface area contributed by atoms with Crippen LogP contribution in [0.1, 0.15) is 13.3 Å². The molecule has 1 aromatic carbocycles.